The van der Waals surface area contributed by atoms with Gasteiger partial charge in [0.15, 0.2) is 0 Å². The molecule has 0 rings (SSSR count). The van der Waals surface area contributed by atoms with E-state index in [4.69, 9.17) is 4.74 Å². The van der Waals surface area contributed by atoms with Crippen molar-refractivity contribution in [3.8, 4) is 0 Å². The van der Waals surface area contributed by atoms with E-state index in [2.05, 4.69) is 0 Å². The Morgan fingerprint density at radius 3 is 1.71 bits per heavy atom. The Labute approximate surface area is 44.3 Å². The molecule has 0 aromatic carbocycles. The molecule has 0 aliphatic carbocycles. The van der Waals surface area contributed by atoms with Gasteiger partial charge in [-0.1, -0.05) is 12.2 Å². The van der Waals surface area contributed by atoms with E-state index in [1.54, 1.807) is 12.5 Å². The van der Waals surface area contributed by atoms with Crippen LogP contribution < -0.4 is 0 Å². The van der Waals surface area contributed by atoms with Crippen LogP contribution >= 0.6 is 0 Å². The predicted molar refractivity (Wildman–Crippen MR) is 30.7 cm³/mol. The fourth-order valence-electron chi connectivity index (χ4n) is 0.202. The predicted octanol–water partition coefficient (Wildman–Crippen LogP) is 2.07. The summed E-state index contributed by atoms with van der Waals surface area (Å²) in [7, 11) is 0. The Hall–Kier alpha value is -0.720. The van der Waals surface area contributed by atoms with Gasteiger partial charge in [-0.2, -0.15) is 0 Å². The van der Waals surface area contributed by atoms with E-state index in [0.717, 1.165) is 0 Å². The summed E-state index contributed by atoms with van der Waals surface area (Å²) < 4.78 is 4.77. The highest BCUT2D eigenvalue weighted by molar-refractivity contribution is 4.73. The second-order valence-corrected chi connectivity index (χ2v) is 1.07. The molecule has 0 saturated carbocycles. The zero-order valence-corrected chi connectivity index (χ0v) is 4.72. The third kappa shape index (κ3) is 5.28. The van der Waals surface area contributed by atoms with Crippen LogP contribution in [-0.2, 0) is 4.74 Å². The minimum atomic E-state index is 1.62. The van der Waals surface area contributed by atoms with E-state index in [1.165, 1.54) is 0 Å². The van der Waals surface area contributed by atoms with Crippen LogP contribution in [0.15, 0.2) is 24.7 Å². The van der Waals surface area contributed by atoms with Crippen LogP contribution in [0.1, 0.15) is 13.8 Å². The van der Waals surface area contributed by atoms with Crippen molar-refractivity contribution in [2.45, 2.75) is 13.8 Å². The van der Waals surface area contributed by atoms with Gasteiger partial charge in [-0.05, 0) is 13.8 Å². The maximum absolute atomic E-state index is 4.77. The highest BCUT2D eigenvalue weighted by Gasteiger charge is 1.57. The SMILES string of the molecule is C/C=C/O/C=C/C. The van der Waals surface area contributed by atoms with Gasteiger partial charge in [-0.15, -0.1) is 0 Å². The van der Waals surface area contributed by atoms with Crippen LogP contribution in [0.4, 0.5) is 0 Å². The maximum atomic E-state index is 4.77. The summed E-state index contributed by atoms with van der Waals surface area (Å²) in [6.45, 7) is 3.81. The molecule has 0 aromatic heterocycles. The lowest BCUT2D eigenvalue weighted by atomic mass is 10.7. The average molecular weight is 98.1 g/mol. The van der Waals surface area contributed by atoms with Gasteiger partial charge < -0.3 is 4.74 Å². The van der Waals surface area contributed by atoms with Crippen LogP contribution in [0.25, 0.3) is 0 Å². The molecule has 0 radical (unpaired) electrons. The minimum Gasteiger partial charge on any atom is -0.473 e. The van der Waals surface area contributed by atoms with Gasteiger partial charge in [0.2, 0.25) is 0 Å². The van der Waals surface area contributed by atoms with Gasteiger partial charge in [0.1, 0.15) is 0 Å². The molecule has 7 heavy (non-hydrogen) atoms. The number of rotatable bonds is 2. The lowest BCUT2D eigenvalue weighted by Gasteiger charge is -1.82. The second kappa shape index (κ2) is 5.28. The van der Waals surface area contributed by atoms with E-state index in [1.807, 2.05) is 26.0 Å². The first-order valence-corrected chi connectivity index (χ1v) is 2.29. The van der Waals surface area contributed by atoms with Crippen molar-refractivity contribution in [1.29, 1.82) is 0 Å². The zero-order valence-electron chi connectivity index (χ0n) is 4.72. The highest BCUT2D eigenvalue weighted by atomic mass is 16.5. The molecule has 0 saturated heterocycles. The van der Waals surface area contributed by atoms with Crippen molar-refractivity contribution in [3.05, 3.63) is 24.7 Å². The van der Waals surface area contributed by atoms with Gasteiger partial charge in [-0.25, -0.2) is 0 Å². The molecule has 0 bridgehead atoms. The Kier molecular flexibility index (Phi) is 4.74. The maximum Gasteiger partial charge on any atom is 0.0858 e. The molecule has 0 heterocycles. The molecule has 0 unspecified atom stereocenters. The van der Waals surface area contributed by atoms with Crippen molar-refractivity contribution >= 4 is 0 Å². The second-order valence-electron chi connectivity index (χ2n) is 1.07. The van der Waals surface area contributed by atoms with Crippen LogP contribution in [0, 0.1) is 0 Å². The third-order valence-electron chi connectivity index (χ3n) is 0.429. The van der Waals surface area contributed by atoms with E-state index < -0.39 is 0 Å². The molecule has 0 atom stereocenters. The number of hydrogen-bond acceptors (Lipinski definition) is 1. The molecular formula is C6H10O. The Morgan fingerprint density at radius 1 is 1.00 bits per heavy atom. The summed E-state index contributed by atoms with van der Waals surface area (Å²) in [6, 6.07) is 0. The average Bonchev–Trinajstić information content (AvgIpc) is 1.69. The lowest BCUT2D eigenvalue weighted by Crippen LogP contribution is -1.59. The molecule has 0 aliphatic rings. The van der Waals surface area contributed by atoms with Gasteiger partial charge in [0.05, 0.1) is 12.5 Å². The fourth-order valence-corrected chi connectivity index (χ4v) is 0.202. The Bertz CT molecular complexity index is 62.2. The number of allylic oxidation sites excluding steroid dienone is 2. The lowest BCUT2D eigenvalue weighted by molar-refractivity contribution is 0.401. The first kappa shape index (κ1) is 6.28. The Balaban J connectivity index is 2.98. The van der Waals surface area contributed by atoms with Crippen LogP contribution in [0.5, 0.6) is 0 Å². The molecule has 0 aromatic rings. The largest absolute Gasteiger partial charge is 0.473 e. The molecule has 40 valence electrons. The normalized spacial score (nSPS) is 11.1. The topological polar surface area (TPSA) is 9.23 Å². The monoisotopic (exact) mass is 98.1 g/mol. The summed E-state index contributed by atoms with van der Waals surface area (Å²) in [6.07, 6.45) is 6.92. The van der Waals surface area contributed by atoms with E-state index >= 15 is 0 Å². The number of hydrogen-bond donors (Lipinski definition) is 0. The van der Waals surface area contributed by atoms with E-state index in [-0.39, 0.29) is 0 Å². The van der Waals surface area contributed by atoms with E-state index in [0.29, 0.717) is 0 Å². The smallest absolute Gasteiger partial charge is 0.0858 e. The molecule has 1 heteroatoms. The third-order valence-corrected chi connectivity index (χ3v) is 0.429. The molecule has 0 amide bonds. The quantitative estimate of drug-likeness (QED) is 0.480. The van der Waals surface area contributed by atoms with Crippen molar-refractivity contribution in [1.82, 2.24) is 0 Å². The highest BCUT2D eigenvalue weighted by Crippen LogP contribution is 1.76. The minimum absolute atomic E-state index is 1.62. The molecule has 0 fully saturated rings. The van der Waals surface area contributed by atoms with Gasteiger partial charge in [0, 0.05) is 0 Å². The zero-order chi connectivity index (χ0) is 5.54. The molecule has 1 nitrogen and oxygen atoms in total. The van der Waals surface area contributed by atoms with Crippen LogP contribution in [-0.4, -0.2) is 0 Å². The van der Waals surface area contributed by atoms with Crippen molar-refractivity contribution < 1.29 is 4.74 Å². The molecular weight excluding hydrogens is 88.1 g/mol. The van der Waals surface area contributed by atoms with Crippen molar-refractivity contribution in [2.24, 2.45) is 0 Å². The van der Waals surface area contributed by atoms with Crippen molar-refractivity contribution in [2.75, 3.05) is 0 Å². The van der Waals surface area contributed by atoms with Crippen LogP contribution in [0.3, 0.4) is 0 Å². The van der Waals surface area contributed by atoms with Gasteiger partial charge in [0.25, 0.3) is 0 Å². The summed E-state index contributed by atoms with van der Waals surface area (Å²) in [5.74, 6) is 0. The first-order valence-electron chi connectivity index (χ1n) is 2.29. The molecule has 0 N–H and O–H groups in total. The number of ether oxygens (including phenoxy) is 1. The van der Waals surface area contributed by atoms with E-state index in [9.17, 15) is 0 Å². The molecule has 0 spiro atoms. The van der Waals surface area contributed by atoms with Gasteiger partial charge >= 0.3 is 0 Å². The summed E-state index contributed by atoms with van der Waals surface area (Å²) in [5, 5.41) is 0. The Morgan fingerprint density at radius 2 is 1.43 bits per heavy atom. The summed E-state index contributed by atoms with van der Waals surface area (Å²) >= 11 is 0. The standard InChI is InChI=1S/C6H10O/c1-3-5-7-6-4-2/h3-6H,1-2H3/b5-3+,6-4+. The van der Waals surface area contributed by atoms with Crippen molar-refractivity contribution in [3.63, 3.8) is 0 Å². The summed E-state index contributed by atoms with van der Waals surface area (Å²) in [5.41, 5.74) is 0. The first-order chi connectivity index (χ1) is 3.41. The molecule has 0 aliphatic heterocycles. The van der Waals surface area contributed by atoms with Crippen LogP contribution in [0.2, 0.25) is 0 Å². The summed E-state index contributed by atoms with van der Waals surface area (Å²) in [4.78, 5) is 0. The van der Waals surface area contributed by atoms with Gasteiger partial charge in [-0.3, -0.25) is 0 Å². The fraction of sp³-hybridized carbons (Fsp3) is 0.333.